The predicted molar refractivity (Wildman–Crippen MR) is 197 cm³/mol. The van der Waals surface area contributed by atoms with E-state index in [1.54, 1.807) is 38.1 Å². The fraction of sp³-hybridized carbons (Fsp3) is 0.111. The molecule has 0 atom stereocenters. The Balaban J connectivity index is 0.000000232. The summed E-state index contributed by atoms with van der Waals surface area (Å²) in [6.45, 7) is 3.43. The zero-order chi connectivity index (χ0) is 37.8. The number of rotatable bonds is 8. The van der Waals surface area contributed by atoms with Gasteiger partial charge in [-0.15, -0.1) is 0 Å². The minimum atomic E-state index is -3.42. The summed E-state index contributed by atoms with van der Waals surface area (Å²) >= 11 is 0. The molecular formula is C36H34CrN6O8S2. The van der Waals surface area contributed by atoms with Gasteiger partial charge >= 0.3 is 0 Å². The van der Waals surface area contributed by atoms with Crippen LogP contribution in [0.3, 0.4) is 0 Å². The van der Waals surface area contributed by atoms with Crippen LogP contribution in [0, 0.1) is 13.8 Å². The number of aromatic hydroxyl groups is 4. The molecule has 4 N–H and O–H groups in total. The van der Waals surface area contributed by atoms with E-state index < -0.39 is 19.7 Å². The molecule has 0 aliphatic rings. The Bertz CT molecular complexity index is 2360. The van der Waals surface area contributed by atoms with Crippen LogP contribution in [-0.2, 0) is 37.0 Å². The van der Waals surface area contributed by atoms with Gasteiger partial charge in [-0.2, -0.15) is 10.2 Å². The number of hydrogen-bond acceptors (Lipinski definition) is 12. The van der Waals surface area contributed by atoms with E-state index in [0.717, 1.165) is 12.5 Å². The number of hydrogen-bond donors (Lipinski definition) is 4. The molecule has 0 aliphatic carbocycles. The normalized spacial score (nSPS) is 11.7. The van der Waals surface area contributed by atoms with Crippen LogP contribution in [0.25, 0.3) is 11.4 Å². The maximum absolute atomic E-state index is 11.7. The van der Waals surface area contributed by atoms with Crippen LogP contribution >= 0.6 is 0 Å². The first kappa shape index (κ1) is 40.0. The molecule has 2 aromatic heterocycles. The average molecular weight is 795 g/mol. The van der Waals surface area contributed by atoms with Crippen molar-refractivity contribution in [3.8, 4) is 34.6 Å². The zero-order valence-electron chi connectivity index (χ0n) is 28.7. The van der Waals surface area contributed by atoms with E-state index in [0.29, 0.717) is 33.9 Å². The molecule has 6 aromatic rings. The smallest absolute Gasteiger partial charge is 0.223 e. The summed E-state index contributed by atoms with van der Waals surface area (Å²) in [6.07, 6.45) is 4.84. The molecule has 2 heterocycles. The Labute approximate surface area is 316 Å². The minimum absolute atomic E-state index is 0. The summed E-state index contributed by atoms with van der Waals surface area (Å²) in [4.78, 5) is 8.34. The van der Waals surface area contributed by atoms with Crippen LogP contribution in [0.4, 0.5) is 11.4 Å². The van der Waals surface area contributed by atoms with Gasteiger partial charge in [-0.05, 0) is 74.5 Å². The van der Waals surface area contributed by atoms with Crippen molar-refractivity contribution in [3.63, 3.8) is 0 Å². The number of aryl methyl sites for hydroxylation is 2. The standard InChI is InChI=1S/2C18H17N3O4S.Cr/c2*1-12-15(18(23)21(20-12)13-6-4-3-5-7-13)11-19-16-10-14(26(2,24)25)8-9-17(16)22;/h2*3-11,22-23H,1-2H3;. The van der Waals surface area contributed by atoms with E-state index in [9.17, 15) is 37.3 Å². The Kier molecular flexibility index (Phi) is 12.3. The van der Waals surface area contributed by atoms with Crippen molar-refractivity contribution in [2.24, 2.45) is 9.98 Å². The molecule has 0 fully saturated rings. The van der Waals surface area contributed by atoms with Crippen molar-refractivity contribution >= 4 is 43.5 Å². The van der Waals surface area contributed by atoms with Crippen molar-refractivity contribution in [1.29, 1.82) is 0 Å². The summed E-state index contributed by atoms with van der Waals surface area (Å²) in [6, 6.07) is 25.9. The van der Waals surface area contributed by atoms with Gasteiger partial charge in [0.05, 0.1) is 43.7 Å². The van der Waals surface area contributed by atoms with E-state index >= 15 is 0 Å². The van der Waals surface area contributed by atoms with Gasteiger partial charge in [0.25, 0.3) is 0 Å². The minimum Gasteiger partial charge on any atom is -0.506 e. The average Bonchev–Trinajstić information content (AvgIpc) is 3.56. The number of phenols is 2. The van der Waals surface area contributed by atoms with E-state index in [2.05, 4.69) is 20.2 Å². The fourth-order valence-corrected chi connectivity index (χ4v) is 6.08. The molecule has 274 valence electrons. The molecule has 0 unspecified atom stereocenters. The van der Waals surface area contributed by atoms with Gasteiger partial charge in [0.15, 0.2) is 19.7 Å². The number of nitrogens with zero attached hydrogens (tertiary/aromatic N) is 6. The molecule has 0 saturated heterocycles. The predicted octanol–water partition coefficient (Wildman–Crippen LogP) is 5.49. The Morgan fingerprint density at radius 3 is 1.23 bits per heavy atom. The molecule has 0 radical (unpaired) electrons. The Morgan fingerprint density at radius 2 is 0.906 bits per heavy atom. The SMILES string of the molecule is Cc1nn(-c2ccccc2)c(O)c1C=Nc1cc(S(C)(=O)=O)ccc1O.Cc1nn(-c2ccccc2)c(O)c1C=Nc1cc(S(C)(=O)=O)ccc1O.[Cr]. The molecule has 0 bridgehead atoms. The number of benzene rings is 4. The van der Waals surface area contributed by atoms with Crippen LogP contribution in [0.15, 0.2) is 117 Å². The van der Waals surface area contributed by atoms with Crippen molar-refractivity contribution in [2.75, 3.05) is 12.5 Å². The molecule has 0 aliphatic heterocycles. The first-order chi connectivity index (χ1) is 24.5. The third-order valence-corrected chi connectivity index (χ3v) is 9.80. The number of phenolic OH excluding ortho intramolecular Hbond substituents is 2. The van der Waals surface area contributed by atoms with Gasteiger partial charge < -0.3 is 20.4 Å². The van der Waals surface area contributed by atoms with Gasteiger partial charge in [-0.1, -0.05) is 36.4 Å². The summed E-state index contributed by atoms with van der Waals surface area (Å²) in [5.41, 5.74) is 3.36. The van der Waals surface area contributed by atoms with Crippen LogP contribution in [0.5, 0.6) is 23.3 Å². The van der Waals surface area contributed by atoms with Crippen molar-refractivity contribution in [3.05, 3.63) is 120 Å². The van der Waals surface area contributed by atoms with Crippen molar-refractivity contribution < 1.29 is 54.6 Å². The summed E-state index contributed by atoms with van der Waals surface area (Å²) in [5, 5.41) is 49.3. The van der Waals surface area contributed by atoms with Gasteiger partial charge in [0.1, 0.15) is 22.9 Å². The second-order valence-electron chi connectivity index (χ2n) is 11.5. The molecule has 6 rings (SSSR count). The quantitative estimate of drug-likeness (QED) is 0.142. The third-order valence-electron chi connectivity index (χ3n) is 7.58. The maximum Gasteiger partial charge on any atom is 0.223 e. The first-order valence-corrected chi connectivity index (χ1v) is 19.1. The van der Waals surface area contributed by atoms with Gasteiger partial charge in [-0.3, -0.25) is 9.98 Å². The maximum atomic E-state index is 11.7. The second kappa shape index (κ2) is 16.3. The van der Waals surface area contributed by atoms with E-state index in [4.69, 9.17) is 0 Å². The molecule has 0 amide bonds. The van der Waals surface area contributed by atoms with E-state index in [1.807, 2.05) is 36.4 Å². The molecular weight excluding hydrogens is 761 g/mol. The number of aliphatic imine (C=N–C) groups is 2. The monoisotopic (exact) mass is 794 g/mol. The molecule has 17 heteroatoms. The zero-order valence-corrected chi connectivity index (χ0v) is 31.6. The van der Waals surface area contributed by atoms with Gasteiger partial charge in [-0.25, -0.2) is 26.2 Å². The van der Waals surface area contributed by atoms with Gasteiger partial charge in [0, 0.05) is 42.3 Å². The second-order valence-corrected chi connectivity index (χ2v) is 15.5. The van der Waals surface area contributed by atoms with Crippen LogP contribution in [0.1, 0.15) is 22.5 Å². The summed E-state index contributed by atoms with van der Waals surface area (Å²) < 4.78 is 49.4. The molecule has 14 nitrogen and oxygen atoms in total. The molecule has 0 saturated carbocycles. The third kappa shape index (κ3) is 9.39. The Hall–Kier alpha value is -5.73. The topological polar surface area (TPSA) is 210 Å². The Morgan fingerprint density at radius 1 is 0.566 bits per heavy atom. The molecule has 4 aromatic carbocycles. The largest absolute Gasteiger partial charge is 0.506 e. The van der Waals surface area contributed by atoms with Crippen LogP contribution < -0.4 is 0 Å². The van der Waals surface area contributed by atoms with Crippen molar-refractivity contribution in [2.45, 2.75) is 23.6 Å². The first-order valence-electron chi connectivity index (χ1n) is 15.4. The number of sulfone groups is 2. The fourth-order valence-electron chi connectivity index (χ4n) is 4.80. The molecule has 0 spiro atoms. The number of para-hydroxylation sites is 2. The number of aromatic nitrogens is 4. The van der Waals surface area contributed by atoms with Crippen LogP contribution in [-0.4, -0.2) is 81.8 Å². The van der Waals surface area contributed by atoms with Gasteiger partial charge in [0.2, 0.25) is 11.8 Å². The summed E-state index contributed by atoms with van der Waals surface area (Å²) in [5.74, 6) is -0.532. The van der Waals surface area contributed by atoms with E-state index in [-0.39, 0.29) is 61.8 Å². The van der Waals surface area contributed by atoms with E-state index in [1.165, 1.54) is 58.2 Å². The van der Waals surface area contributed by atoms with Crippen molar-refractivity contribution in [1.82, 2.24) is 19.6 Å². The molecule has 53 heavy (non-hydrogen) atoms. The summed E-state index contributed by atoms with van der Waals surface area (Å²) in [7, 11) is -6.85. The van der Waals surface area contributed by atoms with Crippen LogP contribution in [0.2, 0.25) is 0 Å².